The highest BCUT2D eigenvalue weighted by Crippen LogP contribution is 2.22. The van der Waals surface area contributed by atoms with Gasteiger partial charge in [0, 0.05) is 0 Å². The zero-order valence-electron chi connectivity index (χ0n) is 10.4. The number of hydrogen-bond acceptors (Lipinski definition) is 3. The number of rotatable bonds is 7. The predicted molar refractivity (Wildman–Crippen MR) is 66.6 cm³/mol. The van der Waals surface area contributed by atoms with Crippen molar-refractivity contribution < 1.29 is 19.0 Å². The van der Waals surface area contributed by atoms with E-state index in [4.69, 9.17) is 15.6 Å². The average molecular weight is 254 g/mol. The summed E-state index contributed by atoms with van der Waals surface area (Å²) in [6.45, 7) is -0.387. The third kappa shape index (κ3) is 4.00. The molecule has 1 aromatic carbocycles. The van der Waals surface area contributed by atoms with Crippen LogP contribution in [0.2, 0.25) is 0 Å². The summed E-state index contributed by atoms with van der Waals surface area (Å²) < 4.78 is 17.4. The van der Waals surface area contributed by atoms with E-state index in [1.807, 2.05) is 6.07 Å². The van der Waals surface area contributed by atoms with Crippen molar-refractivity contribution in [2.75, 3.05) is 13.8 Å². The van der Waals surface area contributed by atoms with Crippen LogP contribution in [0.1, 0.15) is 17.5 Å². The largest absolute Gasteiger partial charge is 0.496 e. The molecule has 0 saturated heterocycles. The molecule has 0 radical (unpaired) electrons. The monoisotopic (exact) mass is 254 g/mol. The maximum absolute atomic E-state index is 12.2. The van der Waals surface area contributed by atoms with Gasteiger partial charge in [-0.15, -0.1) is 0 Å². The second kappa shape index (κ2) is 6.96. The highest BCUT2D eigenvalue weighted by atomic mass is 18.2. The van der Waals surface area contributed by atoms with Gasteiger partial charge in [0.2, 0.25) is 0 Å². The van der Waals surface area contributed by atoms with Gasteiger partial charge in [0.05, 0.1) is 13.8 Å². The van der Waals surface area contributed by atoms with Crippen molar-refractivity contribution in [3.8, 4) is 5.75 Å². The fraction of sp³-hybridized carbons (Fsp3) is 0.462. The molecule has 5 heteroatoms. The Bertz CT molecular complexity index is 409. The summed E-state index contributed by atoms with van der Waals surface area (Å²) >= 11 is 0. The van der Waals surface area contributed by atoms with Crippen LogP contribution in [-0.4, -0.2) is 30.9 Å². The minimum atomic E-state index is -1.03. The second-order valence-electron chi connectivity index (χ2n) is 4.09. The number of hydrogen-bond donors (Lipinski definition) is 2. The number of ether oxygens (including phenoxy) is 1. The molecule has 0 aliphatic carbocycles. The summed E-state index contributed by atoms with van der Waals surface area (Å²) in [6.07, 6.45) is 1.24. The van der Waals surface area contributed by atoms with Crippen molar-refractivity contribution in [2.24, 2.45) is 5.73 Å². The molecule has 0 heterocycles. The third-order valence-electron chi connectivity index (χ3n) is 2.70. The van der Waals surface area contributed by atoms with E-state index in [9.17, 15) is 9.18 Å². The van der Waals surface area contributed by atoms with Gasteiger partial charge in [0.15, 0.2) is 0 Å². The Hall–Kier alpha value is -1.62. The van der Waals surface area contributed by atoms with E-state index in [2.05, 4.69) is 0 Å². The Morgan fingerprint density at radius 3 is 2.83 bits per heavy atom. The van der Waals surface area contributed by atoms with Gasteiger partial charge in [-0.05, 0) is 36.5 Å². The summed E-state index contributed by atoms with van der Waals surface area (Å²) in [6, 6.07) is 4.45. The number of aliphatic carboxylic acids is 1. The van der Waals surface area contributed by atoms with Gasteiger partial charge < -0.3 is 15.6 Å². The lowest BCUT2D eigenvalue weighted by Crippen LogP contribution is -2.32. The number of methoxy groups -OCH3 is 1. The van der Waals surface area contributed by atoms with Crippen LogP contribution in [0.15, 0.2) is 18.2 Å². The molecule has 0 unspecified atom stereocenters. The van der Waals surface area contributed by atoms with Gasteiger partial charge >= 0.3 is 5.97 Å². The molecule has 0 aliphatic rings. The van der Waals surface area contributed by atoms with Crippen LogP contribution < -0.4 is 10.5 Å². The molecule has 3 N–H and O–H groups in total. The molecule has 0 spiro atoms. The van der Waals surface area contributed by atoms with Gasteiger partial charge in [0.25, 0.3) is 0 Å². The molecule has 1 aromatic rings. The molecule has 1 rings (SSSR count). The number of nitrogens with two attached hydrogens (primary N) is 1. The lowest BCUT2D eigenvalue weighted by Gasteiger charge is -2.12. The fourth-order valence-corrected chi connectivity index (χ4v) is 1.75. The summed E-state index contributed by atoms with van der Waals surface area (Å²) in [5, 5.41) is 8.76. The fourth-order valence-electron chi connectivity index (χ4n) is 1.75. The first-order chi connectivity index (χ1) is 8.58. The van der Waals surface area contributed by atoms with Crippen molar-refractivity contribution >= 4 is 5.97 Å². The molecular weight excluding hydrogens is 236 g/mol. The normalized spacial score (nSPS) is 12.2. The van der Waals surface area contributed by atoms with Crippen LogP contribution in [0.5, 0.6) is 5.75 Å². The number of alkyl halides is 1. The van der Waals surface area contributed by atoms with Crippen LogP contribution in [0, 0.1) is 0 Å². The van der Waals surface area contributed by atoms with E-state index in [1.165, 1.54) is 0 Å². The van der Waals surface area contributed by atoms with Crippen molar-refractivity contribution in [3.63, 3.8) is 0 Å². The Labute approximate surface area is 106 Å². The Balaban J connectivity index is 2.84. The molecular formula is C13H18FNO3. The molecule has 0 aromatic heterocycles. The van der Waals surface area contributed by atoms with Gasteiger partial charge in [-0.1, -0.05) is 12.1 Å². The Kier molecular flexibility index (Phi) is 5.58. The zero-order chi connectivity index (χ0) is 13.5. The molecule has 0 bridgehead atoms. The molecule has 0 amide bonds. The standard InChI is InChI=1S/C13H18FNO3/c1-18-12-5-4-9(8-11(15)13(16)17)7-10(12)3-2-6-14/h4-5,7,11H,2-3,6,8,15H2,1H3,(H,16,17)/t11-/m0/s1/i14-1. The smallest absolute Gasteiger partial charge is 0.320 e. The number of benzene rings is 1. The van der Waals surface area contributed by atoms with Crippen LogP contribution in [0.3, 0.4) is 0 Å². The summed E-state index contributed by atoms with van der Waals surface area (Å²) in [5.41, 5.74) is 7.18. The van der Waals surface area contributed by atoms with Gasteiger partial charge in [-0.3, -0.25) is 9.18 Å². The van der Waals surface area contributed by atoms with E-state index in [0.717, 1.165) is 11.1 Å². The SMILES string of the molecule is COc1ccc(C[C@H](N)C(=O)O)cc1CCC[18F]. The van der Waals surface area contributed by atoms with Gasteiger partial charge in [-0.2, -0.15) is 0 Å². The van der Waals surface area contributed by atoms with Crippen molar-refractivity contribution in [1.82, 2.24) is 0 Å². The number of aryl methyl sites for hydroxylation is 1. The number of carboxylic acids is 1. The second-order valence-corrected chi connectivity index (χ2v) is 4.09. The van der Waals surface area contributed by atoms with Gasteiger partial charge in [0.1, 0.15) is 11.8 Å². The zero-order valence-corrected chi connectivity index (χ0v) is 10.4. The van der Waals surface area contributed by atoms with E-state index in [-0.39, 0.29) is 13.1 Å². The lowest BCUT2D eigenvalue weighted by molar-refractivity contribution is -0.138. The molecule has 100 valence electrons. The van der Waals surface area contributed by atoms with E-state index in [0.29, 0.717) is 18.6 Å². The topological polar surface area (TPSA) is 72.5 Å². The van der Waals surface area contributed by atoms with Crippen LogP contribution in [0.4, 0.5) is 4.39 Å². The highest BCUT2D eigenvalue weighted by Gasteiger charge is 2.13. The summed E-state index contributed by atoms with van der Waals surface area (Å²) in [5.74, 6) is -0.341. The minimum Gasteiger partial charge on any atom is -0.496 e. The third-order valence-corrected chi connectivity index (χ3v) is 2.70. The lowest BCUT2D eigenvalue weighted by atomic mass is 10.0. The first-order valence-corrected chi connectivity index (χ1v) is 5.78. The minimum absolute atomic E-state index is 0.252. The highest BCUT2D eigenvalue weighted by molar-refractivity contribution is 5.73. The van der Waals surface area contributed by atoms with Crippen LogP contribution >= 0.6 is 0 Å². The van der Waals surface area contributed by atoms with E-state index < -0.39 is 12.0 Å². The molecule has 0 aliphatic heterocycles. The Morgan fingerprint density at radius 1 is 1.56 bits per heavy atom. The maximum Gasteiger partial charge on any atom is 0.320 e. The predicted octanol–water partition coefficient (Wildman–Crippen LogP) is 1.55. The number of carbonyl (C=O) groups is 1. The van der Waals surface area contributed by atoms with Gasteiger partial charge in [-0.25, -0.2) is 0 Å². The van der Waals surface area contributed by atoms with E-state index >= 15 is 0 Å². The molecule has 4 nitrogen and oxygen atoms in total. The molecule has 0 fully saturated rings. The van der Waals surface area contributed by atoms with Crippen LogP contribution in [0.25, 0.3) is 0 Å². The molecule has 18 heavy (non-hydrogen) atoms. The quantitative estimate of drug-likeness (QED) is 0.774. The van der Waals surface area contributed by atoms with Crippen LogP contribution in [-0.2, 0) is 17.6 Å². The first-order valence-electron chi connectivity index (χ1n) is 5.78. The van der Waals surface area contributed by atoms with Crippen molar-refractivity contribution in [1.29, 1.82) is 0 Å². The average Bonchev–Trinajstić information content (AvgIpc) is 2.36. The van der Waals surface area contributed by atoms with Crippen molar-refractivity contribution in [3.05, 3.63) is 29.3 Å². The van der Waals surface area contributed by atoms with Crippen molar-refractivity contribution in [2.45, 2.75) is 25.3 Å². The number of carboxylic acid groups (broad SMARTS) is 1. The number of halogens is 1. The first kappa shape index (κ1) is 14.4. The van der Waals surface area contributed by atoms with E-state index in [1.54, 1.807) is 19.2 Å². The summed E-state index contributed by atoms with van der Waals surface area (Å²) in [4.78, 5) is 10.7. The Morgan fingerprint density at radius 2 is 2.28 bits per heavy atom. The maximum atomic E-state index is 12.2. The molecule has 1 atom stereocenters. The molecule has 0 saturated carbocycles. The summed E-state index contributed by atoms with van der Waals surface area (Å²) in [7, 11) is 1.55.